The molecule has 0 radical (unpaired) electrons. The van der Waals surface area contributed by atoms with Crippen LogP contribution in [0.15, 0.2) is 120 Å². The molecule has 1 N–H and O–H groups in total. The second kappa shape index (κ2) is 17.2. The number of allylic oxidation sites excluding steroid dienone is 5. The number of hydrogen-bond acceptors (Lipinski definition) is 3. The first-order valence-electron chi connectivity index (χ1n) is 15.8. The summed E-state index contributed by atoms with van der Waals surface area (Å²) in [6.07, 6.45) is 8.66. The second-order valence-electron chi connectivity index (χ2n) is 11.4. The molecule has 258 valence electrons. The van der Waals surface area contributed by atoms with E-state index in [-0.39, 0.29) is 4.90 Å². The van der Waals surface area contributed by atoms with Gasteiger partial charge in [0.15, 0.2) is 6.54 Å². The van der Waals surface area contributed by atoms with E-state index >= 15 is 0 Å². The van der Waals surface area contributed by atoms with Gasteiger partial charge in [-0.3, -0.25) is 4.55 Å². The van der Waals surface area contributed by atoms with Crippen LogP contribution >= 0.6 is 46.4 Å². The number of para-hydroxylation sites is 2. The fourth-order valence-electron chi connectivity index (χ4n) is 5.84. The third-order valence-electron chi connectivity index (χ3n) is 8.09. The van der Waals surface area contributed by atoms with Crippen LogP contribution in [0.25, 0.3) is 15.3 Å². The molecule has 5 rings (SSSR count). The molecule has 0 unspecified atom stereocenters. The van der Waals surface area contributed by atoms with Gasteiger partial charge in [-0.2, -0.15) is 13.0 Å². The van der Waals surface area contributed by atoms with Crippen molar-refractivity contribution in [1.82, 2.24) is 0 Å². The van der Waals surface area contributed by atoms with E-state index in [0.717, 1.165) is 11.4 Å². The molecule has 7 nitrogen and oxygen atoms in total. The monoisotopic (exact) mass is 775 g/mol. The van der Waals surface area contributed by atoms with Crippen LogP contribution in [0.4, 0.5) is 17.1 Å². The van der Waals surface area contributed by atoms with Crippen molar-refractivity contribution in [2.45, 2.75) is 17.7 Å². The topological polar surface area (TPSA) is 69.3 Å². The van der Waals surface area contributed by atoms with Crippen molar-refractivity contribution >= 4 is 84.9 Å². The molecule has 0 heterocycles. The summed E-state index contributed by atoms with van der Waals surface area (Å²) in [6.45, 7) is 16.1. The Kier molecular flexibility index (Phi) is 12.8. The van der Waals surface area contributed by atoms with Crippen molar-refractivity contribution in [3.05, 3.63) is 169 Å². The van der Waals surface area contributed by atoms with Crippen LogP contribution in [0.2, 0.25) is 20.1 Å². The SMILES string of the molecule is [C-]#[N+]CCCN(c1ccc(C(=C2C=CC(=[N+](CCC[N+]#[C-])c3c(Cl)cccc3Cl)C=C2)c2ccccc2S(=O)(=O)O)cc1)c1c(Cl)cccc1Cl. The fraction of sp³-hybridized carbons (Fsp3) is 0.154. The summed E-state index contributed by atoms with van der Waals surface area (Å²) in [7, 11) is -4.60. The van der Waals surface area contributed by atoms with Crippen molar-refractivity contribution in [2.24, 2.45) is 0 Å². The van der Waals surface area contributed by atoms with Gasteiger partial charge in [-0.05, 0) is 71.3 Å². The first kappa shape index (κ1) is 37.9. The molecule has 0 saturated heterocycles. The Morgan fingerprint density at radius 1 is 0.725 bits per heavy atom. The van der Waals surface area contributed by atoms with Gasteiger partial charge in [0.25, 0.3) is 10.1 Å². The van der Waals surface area contributed by atoms with Crippen LogP contribution in [0, 0.1) is 13.1 Å². The lowest BCUT2D eigenvalue weighted by molar-refractivity contribution is -0.438. The zero-order valence-electron chi connectivity index (χ0n) is 27.1. The Hall–Kier alpha value is -4.38. The first-order chi connectivity index (χ1) is 24.5. The van der Waals surface area contributed by atoms with E-state index in [0.29, 0.717) is 92.8 Å². The molecule has 0 spiro atoms. The molecule has 51 heavy (non-hydrogen) atoms. The van der Waals surface area contributed by atoms with E-state index in [1.807, 2.05) is 58.0 Å². The molecule has 0 fully saturated rings. The highest BCUT2D eigenvalue weighted by Gasteiger charge is 2.25. The third kappa shape index (κ3) is 8.92. The van der Waals surface area contributed by atoms with E-state index < -0.39 is 10.1 Å². The number of halogens is 4. The molecule has 4 aromatic rings. The average molecular weight is 778 g/mol. The van der Waals surface area contributed by atoms with Crippen molar-refractivity contribution in [3.63, 3.8) is 0 Å². The molecule has 0 bridgehead atoms. The molecular weight excluding hydrogens is 746 g/mol. The van der Waals surface area contributed by atoms with Crippen LogP contribution in [-0.4, -0.2) is 49.4 Å². The number of hydrogen-bond donors (Lipinski definition) is 1. The largest absolute Gasteiger partial charge is 0.339 e. The molecular formula is C39H31Cl4N4O3S+. The Bertz CT molecular complexity index is 2210. The molecule has 0 aromatic heterocycles. The lowest BCUT2D eigenvalue weighted by Crippen LogP contribution is -2.20. The van der Waals surface area contributed by atoms with Gasteiger partial charge in [-0.1, -0.05) is 88.9 Å². The summed E-state index contributed by atoms with van der Waals surface area (Å²) < 4.78 is 37.5. The number of rotatable bonds is 12. The standard InChI is InChI=1S/C39H30Cl4N4O3S/c1-44-23-7-25-46(38-32(40)10-5-11-33(38)41)29-19-15-27(16-20-29)37(31-9-3-4-14-36(31)51(48,49)50)28-17-21-30(22-18-28)47(26-8-24-45-2)39-34(42)12-6-13-35(39)43/h3-6,9-22H,7-8,23-26H2/p+1. The van der Waals surface area contributed by atoms with E-state index in [1.54, 1.807) is 54.6 Å². The summed E-state index contributed by atoms with van der Waals surface area (Å²) in [6, 6.07) is 24.3. The van der Waals surface area contributed by atoms with Crippen LogP contribution in [0.5, 0.6) is 0 Å². The Morgan fingerprint density at radius 3 is 1.88 bits per heavy atom. The predicted octanol–water partition coefficient (Wildman–Crippen LogP) is 11.0. The van der Waals surface area contributed by atoms with Crippen LogP contribution in [-0.2, 0) is 10.1 Å². The minimum absolute atomic E-state index is 0.236. The molecule has 0 amide bonds. The lowest BCUT2D eigenvalue weighted by atomic mass is 9.90. The van der Waals surface area contributed by atoms with Crippen LogP contribution < -0.4 is 4.90 Å². The quantitative estimate of drug-likeness (QED) is 0.0673. The summed E-state index contributed by atoms with van der Waals surface area (Å²) >= 11 is 26.5. The average Bonchev–Trinajstić information content (AvgIpc) is 3.11. The maximum absolute atomic E-state index is 12.6. The van der Waals surface area contributed by atoms with E-state index in [2.05, 4.69) is 9.69 Å². The summed E-state index contributed by atoms with van der Waals surface area (Å²) in [4.78, 5) is 8.71. The van der Waals surface area contributed by atoms with Crippen molar-refractivity contribution < 1.29 is 17.5 Å². The Labute approximate surface area is 318 Å². The van der Waals surface area contributed by atoms with Crippen molar-refractivity contribution in [3.8, 4) is 0 Å². The number of anilines is 2. The van der Waals surface area contributed by atoms with Crippen LogP contribution in [0.3, 0.4) is 0 Å². The molecule has 1 aliphatic rings. The molecule has 1 aliphatic carbocycles. The zero-order chi connectivity index (χ0) is 36.5. The minimum atomic E-state index is -4.60. The third-order valence-corrected chi connectivity index (χ3v) is 10.2. The highest BCUT2D eigenvalue weighted by atomic mass is 35.5. The summed E-state index contributed by atoms with van der Waals surface area (Å²) in [5.74, 6) is 0. The fourth-order valence-corrected chi connectivity index (χ4v) is 7.74. The Balaban J connectivity index is 1.67. The van der Waals surface area contributed by atoms with E-state index in [9.17, 15) is 13.0 Å². The maximum Gasteiger partial charge on any atom is 0.295 e. The van der Waals surface area contributed by atoms with Gasteiger partial charge in [0, 0.05) is 36.4 Å². The van der Waals surface area contributed by atoms with E-state index in [4.69, 9.17) is 59.5 Å². The molecule has 4 aromatic carbocycles. The van der Waals surface area contributed by atoms with Crippen molar-refractivity contribution in [2.75, 3.05) is 31.1 Å². The zero-order valence-corrected chi connectivity index (χ0v) is 30.9. The molecule has 0 aliphatic heterocycles. The van der Waals surface area contributed by atoms with E-state index in [1.165, 1.54) is 6.07 Å². The lowest BCUT2D eigenvalue weighted by Gasteiger charge is -2.27. The first-order valence-corrected chi connectivity index (χ1v) is 18.7. The van der Waals surface area contributed by atoms with Crippen molar-refractivity contribution in [1.29, 1.82) is 0 Å². The molecule has 12 heteroatoms. The minimum Gasteiger partial charge on any atom is -0.339 e. The van der Waals surface area contributed by atoms with Gasteiger partial charge in [0.2, 0.25) is 24.5 Å². The normalized spacial score (nSPS) is 12.4. The smallest absolute Gasteiger partial charge is 0.295 e. The second-order valence-corrected chi connectivity index (χ2v) is 14.4. The van der Waals surface area contributed by atoms with Crippen LogP contribution in [0.1, 0.15) is 24.0 Å². The predicted molar refractivity (Wildman–Crippen MR) is 209 cm³/mol. The van der Waals surface area contributed by atoms with Gasteiger partial charge >= 0.3 is 0 Å². The maximum atomic E-state index is 12.6. The summed E-state index contributed by atoms with van der Waals surface area (Å²) in [5.41, 5.74) is 5.00. The Morgan fingerprint density at radius 2 is 1.29 bits per heavy atom. The van der Waals surface area contributed by atoms with Gasteiger partial charge in [-0.25, -0.2) is 13.1 Å². The molecule has 0 atom stereocenters. The van der Waals surface area contributed by atoms with Gasteiger partial charge in [0.1, 0.15) is 14.9 Å². The summed E-state index contributed by atoms with van der Waals surface area (Å²) in [5, 5.41) is 1.85. The molecule has 0 saturated carbocycles. The number of benzene rings is 4. The van der Waals surface area contributed by atoms with Gasteiger partial charge < -0.3 is 14.6 Å². The van der Waals surface area contributed by atoms with Gasteiger partial charge in [-0.15, -0.1) is 0 Å². The van der Waals surface area contributed by atoms with Gasteiger partial charge in [0.05, 0.1) is 22.2 Å². The highest BCUT2D eigenvalue weighted by molar-refractivity contribution is 7.86. The highest BCUT2D eigenvalue weighted by Crippen LogP contribution is 2.40. The number of nitrogens with zero attached hydrogens (tertiary/aromatic N) is 4.